The average molecular weight is 403 g/mol. The molecule has 1 heterocycles. The Morgan fingerprint density at radius 1 is 1.00 bits per heavy atom. The van der Waals surface area contributed by atoms with Crippen molar-refractivity contribution in [2.24, 2.45) is 0 Å². The van der Waals surface area contributed by atoms with Crippen LogP contribution in [-0.2, 0) is 6.42 Å². The molecule has 0 bridgehead atoms. The van der Waals surface area contributed by atoms with E-state index in [0.29, 0.717) is 5.75 Å². The van der Waals surface area contributed by atoms with Gasteiger partial charge in [-0.25, -0.2) is 0 Å². The minimum absolute atomic E-state index is 0.0961. The predicted octanol–water partition coefficient (Wildman–Crippen LogP) is 4.40. The highest BCUT2D eigenvalue weighted by Crippen LogP contribution is 2.33. The first-order valence-electron chi connectivity index (χ1n) is 10.5. The largest absolute Gasteiger partial charge is 0.504 e. The Morgan fingerprint density at radius 2 is 1.63 bits per heavy atom. The number of hydrogen-bond acceptors (Lipinski definition) is 4. The van der Waals surface area contributed by atoms with Gasteiger partial charge in [-0.15, -0.1) is 0 Å². The van der Waals surface area contributed by atoms with Crippen molar-refractivity contribution in [1.29, 1.82) is 0 Å². The molecule has 3 aromatic carbocycles. The third-order valence-electron chi connectivity index (χ3n) is 5.94. The number of nitrogens with one attached hydrogen (secondary N) is 1. The normalized spacial score (nSPS) is 19.7. The summed E-state index contributed by atoms with van der Waals surface area (Å²) in [6.45, 7) is 5.09. The third kappa shape index (κ3) is 4.50. The van der Waals surface area contributed by atoms with Gasteiger partial charge in [-0.3, -0.25) is 4.90 Å². The molecule has 0 radical (unpaired) electrons. The van der Waals surface area contributed by atoms with E-state index in [1.807, 2.05) is 18.2 Å². The summed E-state index contributed by atoms with van der Waals surface area (Å²) in [6, 6.07) is 27.4. The number of hydrogen-bond donors (Lipinski definition) is 2. The molecule has 4 nitrogen and oxygen atoms in total. The standard InChI is InChI=1S/C26H30N2O2/c1-26(18-20-13-14-24(30-2)23(29)17-20)19-28(16-15-27-26)25(21-9-5-3-6-10-21)22-11-7-4-8-12-22/h3-14,17,25,27,29H,15-16,18-19H2,1-2H3. The topological polar surface area (TPSA) is 44.7 Å². The van der Waals surface area contributed by atoms with Gasteiger partial charge in [0, 0.05) is 25.2 Å². The van der Waals surface area contributed by atoms with Crippen LogP contribution in [0, 0.1) is 0 Å². The average Bonchev–Trinajstić information content (AvgIpc) is 2.75. The Labute approximate surface area is 179 Å². The van der Waals surface area contributed by atoms with Gasteiger partial charge < -0.3 is 15.2 Å². The minimum atomic E-state index is -0.0961. The van der Waals surface area contributed by atoms with Crippen LogP contribution in [-0.4, -0.2) is 42.3 Å². The van der Waals surface area contributed by atoms with E-state index < -0.39 is 0 Å². The quantitative estimate of drug-likeness (QED) is 0.642. The van der Waals surface area contributed by atoms with E-state index in [2.05, 4.69) is 77.8 Å². The molecule has 0 aliphatic carbocycles. The molecular formula is C26H30N2O2. The molecule has 3 aromatic rings. The van der Waals surface area contributed by atoms with Gasteiger partial charge in [-0.2, -0.15) is 0 Å². The van der Waals surface area contributed by atoms with Gasteiger partial charge in [0.2, 0.25) is 0 Å². The molecule has 0 saturated carbocycles. The van der Waals surface area contributed by atoms with Crippen LogP contribution in [0.15, 0.2) is 78.9 Å². The number of aromatic hydroxyl groups is 1. The maximum absolute atomic E-state index is 10.2. The van der Waals surface area contributed by atoms with Gasteiger partial charge in [0.25, 0.3) is 0 Å². The lowest BCUT2D eigenvalue weighted by Gasteiger charge is -2.45. The molecule has 30 heavy (non-hydrogen) atoms. The predicted molar refractivity (Wildman–Crippen MR) is 121 cm³/mol. The molecule has 0 aromatic heterocycles. The highest BCUT2D eigenvalue weighted by Gasteiger charge is 2.35. The van der Waals surface area contributed by atoms with Gasteiger partial charge in [0.15, 0.2) is 11.5 Å². The number of phenolic OH excluding ortho intramolecular Hbond substituents is 1. The molecule has 0 amide bonds. The zero-order valence-electron chi connectivity index (χ0n) is 17.7. The van der Waals surface area contributed by atoms with Crippen LogP contribution in [0.2, 0.25) is 0 Å². The summed E-state index contributed by atoms with van der Waals surface area (Å²) in [7, 11) is 1.57. The Morgan fingerprint density at radius 3 is 2.20 bits per heavy atom. The first kappa shape index (κ1) is 20.5. The molecule has 1 aliphatic heterocycles. The number of benzene rings is 3. The van der Waals surface area contributed by atoms with Gasteiger partial charge in [0.05, 0.1) is 13.2 Å². The van der Waals surface area contributed by atoms with E-state index in [4.69, 9.17) is 4.74 Å². The van der Waals surface area contributed by atoms with Gasteiger partial charge >= 0.3 is 0 Å². The van der Waals surface area contributed by atoms with E-state index in [1.54, 1.807) is 7.11 Å². The summed E-state index contributed by atoms with van der Waals surface area (Å²) in [5.41, 5.74) is 3.63. The van der Waals surface area contributed by atoms with E-state index in [1.165, 1.54) is 11.1 Å². The summed E-state index contributed by atoms with van der Waals surface area (Å²) in [5.74, 6) is 0.702. The summed E-state index contributed by atoms with van der Waals surface area (Å²) < 4.78 is 5.19. The monoisotopic (exact) mass is 402 g/mol. The number of methoxy groups -OCH3 is 1. The van der Waals surface area contributed by atoms with Crippen molar-refractivity contribution >= 4 is 0 Å². The Hall–Kier alpha value is -2.82. The molecule has 156 valence electrons. The van der Waals surface area contributed by atoms with Crippen LogP contribution in [0.4, 0.5) is 0 Å². The lowest BCUT2D eigenvalue weighted by atomic mass is 9.88. The zero-order valence-corrected chi connectivity index (χ0v) is 17.7. The molecule has 1 unspecified atom stereocenters. The minimum Gasteiger partial charge on any atom is -0.504 e. The summed E-state index contributed by atoms with van der Waals surface area (Å²) >= 11 is 0. The van der Waals surface area contributed by atoms with Crippen LogP contribution >= 0.6 is 0 Å². The first-order chi connectivity index (χ1) is 14.6. The Bertz CT molecular complexity index is 922. The maximum atomic E-state index is 10.2. The van der Waals surface area contributed by atoms with Crippen LogP contribution in [0.5, 0.6) is 11.5 Å². The van der Waals surface area contributed by atoms with E-state index in [-0.39, 0.29) is 17.3 Å². The van der Waals surface area contributed by atoms with E-state index in [0.717, 1.165) is 31.6 Å². The Kier molecular flexibility index (Phi) is 6.07. The summed E-state index contributed by atoms with van der Waals surface area (Å²) in [5, 5.41) is 13.9. The van der Waals surface area contributed by atoms with Crippen LogP contribution in [0.1, 0.15) is 29.7 Å². The van der Waals surface area contributed by atoms with Crippen LogP contribution < -0.4 is 10.1 Å². The molecular weight excluding hydrogens is 372 g/mol. The number of nitrogens with zero attached hydrogens (tertiary/aromatic N) is 1. The first-order valence-corrected chi connectivity index (χ1v) is 10.5. The SMILES string of the molecule is COc1ccc(CC2(C)CN(C(c3ccccc3)c3ccccc3)CCN2)cc1O. The van der Waals surface area contributed by atoms with Crippen molar-refractivity contribution < 1.29 is 9.84 Å². The molecule has 0 spiro atoms. The van der Waals surface area contributed by atoms with Crippen molar-refractivity contribution in [2.45, 2.75) is 24.9 Å². The lowest BCUT2D eigenvalue weighted by molar-refractivity contribution is 0.115. The highest BCUT2D eigenvalue weighted by atomic mass is 16.5. The molecule has 1 aliphatic rings. The van der Waals surface area contributed by atoms with Crippen molar-refractivity contribution in [2.75, 3.05) is 26.7 Å². The van der Waals surface area contributed by atoms with Crippen LogP contribution in [0.25, 0.3) is 0 Å². The van der Waals surface area contributed by atoms with Crippen molar-refractivity contribution in [3.63, 3.8) is 0 Å². The van der Waals surface area contributed by atoms with E-state index >= 15 is 0 Å². The van der Waals surface area contributed by atoms with Crippen LogP contribution in [0.3, 0.4) is 0 Å². The molecule has 1 saturated heterocycles. The number of phenols is 1. The molecule has 1 fully saturated rings. The zero-order chi connectivity index (χ0) is 21.0. The van der Waals surface area contributed by atoms with Gasteiger partial charge in [0.1, 0.15) is 0 Å². The second kappa shape index (κ2) is 8.90. The summed E-state index contributed by atoms with van der Waals surface area (Å²) in [6.07, 6.45) is 0.831. The lowest BCUT2D eigenvalue weighted by Crippen LogP contribution is -2.60. The second-order valence-electron chi connectivity index (χ2n) is 8.36. The maximum Gasteiger partial charge on any atom is 0.160 e. The molecule has 4 heteroatoms. The van der Waals surface area contributed by atoms with Crippen molar-refractivity contribution in [3.8, 4) is 11.5 Å². The molecule has 4 rings (SSSR count). The highest BCUT2D eigenvalue weighted by molar-refractivity contribution is 5.42. The Balaban J connectivity index is 1.60. The molecule has 1 atom stereocenters. The summed E-state index contributed by atoms with van der Waals surface area (Å²) in [4.78, 5) is 2.57. The number of piperazine rings is 1. The van der Waals surface area contributed by atoms with Gasteiger partial charge in [-0.1, -0.05) is 66.7 Å². The second-order valence-corrected chi connectivity index (χ2v) is 8.36. The van der Waals surface area contributed by atoms with Crippen molar-refractivity contribution in [1.82, 2.24) is 10.2 Å². The number of rotatable bonds is 6. The fourth-order valence-corrected chi connectivity index (χ4v) is 4.60. The van der Waals surface area contributed by atoms with Crippen molar-refractivity contribution in [3.05, 3.63) is 95.6 Å². The fourth-order valence-electron chi connectivity index (χ4n) is 4.60. The number of ether oxygens (including phenoxy) is 1. The smallest absolute Gasteiger partial charge is 0.160 e. The van der Waals surface area contributed by atoms with E-state index in [9.17, 15) is 5.11 Å². The molecule has 2 N–H and O–H groups in total. The fraction of sp³-hybridized carbons (Fsp3) is 0.308. The van der Waals surface area contributed by atoms with Gasteiger partial charge in [-0.05, 0) is 42.2 Å². The third-order valence-corrected chi connectivity index (χ3v) is 5.94.